The summed E-state index contributed by atoms with van der Waals surface area (Å²) in [6.07, 6.45) is 1.73. The second-order valence-electron chi connectivity index (χ2n) is 13.1. The number of ether oxygens (including phenoxy) is 1. The molecule has 2 aliphatic rings. The third kappa shape index (κ3) is 6.44. The van der Waals surface area contributed by atoms with Crippen molar-refractivity contribution in [2.45, 2.75) is 63.2 Å². The van der Waals surface area contributed by atoms with Gasteiger partial charge in [0.05, 0.1) is 29.0 Å². The highest BCUT2D eigenvalue weighted by Crippen LogP contribution is 2.60. The molecule has 1 spiro atoms. The van der Waals surface area contributed by atoms with Crippen LogP contribution in [0, 0.1) is 16.0 Å². The number of aryl methyl sites for hydroxylation is 1. The molecule has 49 heavy (non-hydrogen) atoms. The average Bonchev–Trinajstić information content (AvgIpc) is 3.71. The fourth-order valence-electron chi connectivity index (χ4n) is 7.23. The number of fused-ring (bicyclic) bond motifs is 2. The fraction of sp³-hybridized carbons (Fsp3) is 0.353. The molecular formula is C34H38FN7O6Si. The van der Waals surface area contributed by atoms with Crippen LogP contribution >= 0.6 is 0 Å². The van der Waals surface area contributed by atoms with Gasteiger partial charge >= 0.3 is 0 Å². The maximum atomic E-state index is 16.2. The molecule has 4 N–H and O–H groups in total. The van der Waals surface area contributed by atoms with E-state index in [1.807, 2.05) is 0 Å². The fourth-order valence-corrected chi connectivity index (χ4v) is 9.77. The minimum absolute atomic E-state index is 0.0659. The molecule has 0 unspecified atom stereocenters. The summed E-state index contributed by atoms with van der Waals surface area (Å²) in [6, 6.07) is 17.9. The second kappa shape index (κ2) is 13.1. The standard InChI is InChI=1S/C34H38FN7O6Si/c1-21-31(49(2,3)35)30(14-16-40-20-26(15-17-43)38-39-40)48-34(21)28-18-27(42(46)47)12-13-29(28)41(33(34)45)19-22-4-10-25(11-5-22)37-32(44)23-6-8-24(36)9-7-23/h4-13,18,20-21,30-31,43H,14-17,19,36H2,1-3H3,(H,37,44)/t21-,30+,31-,34+/m1/s1. The molecule has 4 atom stereocenters. The van der Waals surface area contributed by atoms with Gasteiger partial charge in [-0.05, 0) is 67.5 Å². The molecule has 0 bridgehead atoms. The van der Waals surface area contributed by atoms with Gasteiger partial charge < -0.3 is 29.9 Å². The highest BCUT2D eigenvalue weighted by Gasteiger charge is 2.66. The summed E-state index contributed by atoms with van der Waals surface area (Å²) in [5, 5.41) is 32.1. The number of rotatable bonds is 11. The number of aliphatic hydroxyl groups is 1. The monoisotopic (exact) mass is 687 g/mol. The van der Waals surface area contributed by atoms with E-state index in [-0.39, 0.29) is 24.7 Å². The molecule has 0 aliphatic carbocycles. The summed E-state index contributed by atoms with van der Waals surface area (Å²) in [4.78, 5) is 40.3. The van der Waals surface area contributed by atoms with Gasteiger partial charge in [0.2, 0.25) is 8.41 Å². The van der Waals surface area contributed by atoms with Crippen LogP contribution in [-0.2, 0) is 34.6 Å². The Labute approximate surface area is 283 Å². The first-order valence-corrected chi connectivity index (χ1v) is 19.0. The zero-order valence-electron chi connectivity index (χ0n) is 27.4. The number of amides is 2. The smallest absolute Gasteiger partial charge is 0.269 e. The number of nitro groups is 1. The highest BCUT2D eigenvalue weighted by atomic mass is 28.4. The Kier molecular flexibility index (Phi) is 9.09. The molecule has 6 rings (SSSR count). The molecule has 256 valence electrons. The molecule has 3 heterocycles. The van der Waals surface area contributed by atoms with Crippen molar-refractivity contribution < 1.29 is 28.5 Å². The number of nitrogens with two attached hydrogens (primary N) is 1. The summed E-state index contributed by atoms with van der Waals surface area (Å²) in [7, 11) is -3.47. The van der Waals surface area contributed by atoms with E-state index in [1.54, 1.807) is 90.4 Å². The number of halogens is 1. The number of anilines is 3. The van der Waals surface area contributed by atoms with Crippen molar-refractivity contribution in [2.75, 3.05) is 22.6 Å². The third-order valence-corrected chi connectivity index (χ3v) is 11.9. The lowest BCUT2D eigenvalue weighted by molar-refractivity contribution is -0.385. The van der Waals surface area contributed by atoms with Gasteiger partial charge in [-0.2, -0.15) is 0 Å². The van der Waals surface area contributed by atoms with Crippen LogP contribution in [0.1, 0.15) is 40.5 Å². The van der Waals surface area contributed by atoms with E-state index in [9.17, 15) is 24.8 Å². The van der Waals surface area contributed by atoms with Crippen molar-refractivity contribution in [2.24, 2.45) is 5.92 Å². The SMILES string of the molecule is C[C@@H]1[C@@H]([Si](C)(C)F)[C@H](CCn2cc(CCO)nn2)O[C@@]12C(=O)N(Cc1ccc(NC(=O)c3ccc(N)cc3)cc1)c1ccc([N+](=O)[O-])cc12. The predicted molar refractivity (Wildman–Crippen MR) is 183 cm³/mol. The Balaban J connectivity index is 1.29. The number of nitro benzene ring substituents is 1. The Morgan fingerprint density at radius 2 is 1.88 bits per heavy atom. The van der Waals surface area contributed by atoms with Gasteiger partial charge in [-0.3, -0.25) is 24.4 Å². The Morgan fingerprint density at radius 3 is 2.53 bits per heavy atom. The van der Waals surface area contributed by atoms with Gasteiger partial charge in [0.25, 0.3) is 17.5 Å². The van der Waals surface area contributed by atoms with Crippen LogP contribution in [-0.4, -0.2) is 58.0 Å². The molecule has 0 saturated carbocycles. The van der Waals surface area contributed by atoms with Crippen LogP contribution in [0.15, 0.2) is 72.9 Å². The first kappa shape index (κ1) is 33.9. The summed E-state index contributed by atoms with van der Waals surface area (Å²) in [5.41, 5.74) is 7.02. The number of benzene rings is 3. The van der Waals surface area contributed by atoms with E-state index in [1.165, 1.54) is 12.1 Å². The number of carbonyl (C=O) groups excluding carboxylic acids is 2. The first-order chi connectivity index (χ1) is 23.3. The van der Waals surface area contributed by atoms with Crippen LogP contribution in [0.3, 0.4) is 0 Å². The summed E-state index contributed by atoms with van der Waals surface area (Å²) in [6.45, 7) is 5.38. The van der Waals surface area contributed by atoms with Gasteiger partial charge in [-0.15, -0.1) is 5.10 Å². The first-order valence-electron chi connectivity index (χ1n) is 16.0. The quantitative estimate of drug-likeness (QED) is 0.0646. The predicted octanol–water partition coefficient (Wildman–Crippen LogP) is 4.97. The largest absolute Gasteiger partial charge is 0.399 e. The molecule has 2 amide bonds. The lowest BCUT2D eigenvalue weighted by Crippen LogP contribution is -2.45. The van der Waals surface area contributed by atoms with Crippen molar-refractivity contribution in [1.82, 2.24) is 15.0 Å². The number of nitrogen functional groups attached to an aromatic ring is 1. The number of nitrogens with one attached hydrogen (secondary N) is 1. The van der Waals surface area contributed by atoms with E-state index < -0.39 is 42.4 Å². The molecule has 4 aromatic rings. The van der Waals surface area contributed by atoms with Gasteiger partial charge in [0.15, 0.2) is 5.60 Å². The molecule has 0 radical (unpaired) electrons. The number of non-ortho nitro benzene ring substituents is 1. The third-order valence-electron chi connectivity index (χ3n) is 9.48. The Bertz CT molecular complexity index is 1880. The Hall–Kier alpha value is -4.99. The minimum atomic E-state index is -3.47. The molecule has 3 aromatic carbocycles. The topological polar surface area (TPSA) is 179 Å². The van der Waals surface area contributed by atoms with Crippen LogP contribution in [0.2, 0.25) is 18.6 Å². The summed E-state index contributed by atoms with van der Waals surface area (Å²) in [5.74, 6) is -1.34. The van der Waals surface area contributed by atoms with Crippen molar-refractivity contribution in [3.05, 3.63) is 105 Å². The number of carbonyl (C=O) groups is 2. The number of hydrogen-bond donors (Lipinski definition) is 3. The van der Waals surface area contributed by atoms with Crippen molar-refractivity contribution in [1.29, 1.82) is 0 Å². The zero-order chi connectivity index (χ0) is 35.1. The zero-order valence-corrected chi connectivity index (χ0v) is 28.4. The van der Waals surface area contributed by atoms with Crippen molar-refractivity contribution >= 4 is 43.0 Å². The van der Waals surface area contributed by atoms with Crippen LogP contribution in [0.25, 0.3) is 0 Å². The lowest BCUT2D eigenvalue weighted by Gasteiger charge is -2.31. The minimum Gasteiger partial charge on any atom is -0.399 e. The molecule has 1 aromatic heterocycles. The second-order valence-corrected chi connectivity index (χ2v) is 16.9. The van der Waals surface area contributed by atoms with Crippen LogP contribution < -0.4 is 16.0 Å². The molecule has 15 heteroatoms. The highest BCUT2D eigenvalue weighted by molar-refractivity contribution is 6.72. The van der Waals surface area contributed by atoms with Crippen LogP contribution in [0.4, 0.5) is 26.9 Å². The lowest BCUT2D eigenvalue weighted by atomic mass is 9.82. The van der Waals surface area contributed by atoms with Crippen molar-refractivity contribution in [3.8, 4) is 0 Å². The Morgan fingerprint density at radius 1 is 1.16 bits per heavy atom. The number of aromatic nitrogens is 3. The molecule has 1 saturated heterocycles. The van der Waals surface area contributed by atoms with E-state index in [4.69, 9.17) is 10.5 Å². The van der Waals surface area contributed by atoms with Gasteiger partial charge in [0.1, 0.15) is 0 Å². The molecule has 2 aliphatic heterocycles. The van der Waals surface area contributed by atoms with E-state index in [0.717, 1.165) is 5.56 Å². The molecule has 13 nitrogen and oxygen atoms in total. The average molecular weight is 688 g/mol. The van der Waals surface area contributed by atoms with E-state index in [0.29, 0.717) is 53.3 Å². The number of aliphatic hydroxyl groups excluding tert-OH is 1. The van der Waals surface area contributed by atoms with Gasteiger partial charge in [0, 0.05) is 71.9 Å². The van der Waals surface area contributed by atoms with Gasteiger partial charge in [-0.25, -0.2) is 0 Å². The maximum Gasteiger partial charge on any atom is 0.269 e. The number of hydrogen-bond acceptors (Lipinski definition) is 9. The van der Waals surface area contributed by atoms with E-state index >= 15 is 4.11 Å². The van der Waals surface area contributed by atoms with Gasteiger partial charge in [-0.1, -0.05) is 24.3 Å². The number of nitrogens with zero attached hydrogens (tertiary/aromatic N) is 5. The van der Waals surface area contributed by atoms with Crippen LogP contribution in [0.5, 0.6) is 0 Å². The normalized spacial score (nSPS) is 21.7. The maximum absolute atomic E-state index is 16.2. The van der Waals surface area contributed by atoms with E-state index in [2.05, 4.69) is 15.6 Å². The summed E-state index contributed by atoms with van der Waals surface area (Å²) < 4.78 is 24.5. The van der Waals surface area contributed by atoms with Crippen molar-refractivity contribution in [3.63, 3.8) is 0 Å². The summed E-state index contributed by atoms with van der Waals surface area (Å²) >= 11 is 0. The molecular weight excluding hydrogens is 650 g/mol. The molecule has 1 fully saturated rings.